The van der Waals surface area contributed by atoms with Gasteiger partial charge in [-0.1, -0.05) is 0 Å². The zero-order chi connectivity index (χ0) is 18.0. The van der Waals surface area contributed by atoms with E-state index in [9.17, 15) is 8.78 Å². The Morgan fingerprint density at radius 3 is 2.72 bits per heavy atom. The Morgan fingerprint density at radius 1 is 1.24 bits per heavy atom. The van der Waals surface area contributed by atoms with E-state index in [1.807, 2.05) is 0 Å². The number of ether oxygens (including phenoxy) is 3. The maximum atomic E-state index is 12.5. The summed E-state index contributed by atoms with van der Waals surface area (Å²) in [6, 6.07) is 6.27. The number of fused-ring (bicyclic) bond motifs is 1. The zero-order valence-electron chi connectivity index (χ0n) is 13.5. The van der Waals surface area contributed by atoms with Gasteiger partial charge in [0.25, 0.3) is 0 Å². The van der Waals surface area contributed by atoms with Gasteiger partial charge in [0, 0.05) is 18.3 Å². The lowest BCUT2D eigenvalue weighted by Crippen LogP contribution is -2.06. The third-order valence-electron chi connectivity index (χ3n) is 3.65. The second-order valence-electron chi connectivity index (χ2n) is 5.07. The predicted molar refractivity (Wildman–Crippen MR) is 90.2 cm³/mol. The van der Waals surface area contributed by atoms with Crippen molar-refractivity contribution in [2.75, 3.05) is 14.2 Å². The summed E-state index contributed by atoms with van der Waals surface area (Å²) in [5.74, 6) is 1.08. The number of H-pyrrole nitrogens is 1. The van der Waals surface area contributed by atoms with Crippen LogP contribution in [0.4, 0.5) is 8.78 Å². The normalized spacial score (nSPS) is 11.1. The molecule has 9 heteroatoms. The monoisotopic (exact) mass is 367 g/mol. The maximum Gasteiger partial charge on any atom is 0.387 e. The SMILES string of the molecule is COc1ccnc(Cn2c(=S)[nH]c3ccc(OC(F)F)cc32)c1OC. The lowest BCUT2D eigenvalue weighted by atomic mass is 10.2. The molecule has 0 aliphatic carbocycles. The highest BCUT2D eigenvalue weighted by Gasteiger charge is 2.15. The summed E-state index contributed by atoms with van der Waals surface area (Å²) in [6.45, 7) is -2.62. The molecule has 0 atom stereocenters. The number of aromatic nitrogens is 3. The molecule has 0 fully saturated rings. The minimum Gasteiger partial charge on any atom is -0.493 e. The fourth-order valence-electron chi connectivity index (χ4n) is 2.58. The first kappa shape index (κ1) is 17.2. The second kappa shape index (κ2) is 7.06. The van der Waals surface area contributed by atoms with Crippen molar-refractivity contribution < 1.29 is 23.0 Å². The molecule has 0 unspecified atom stereocenters. The maximum absolute atomic E-state index is 12.5. The highest BCUT2D eigenvalue weighted by molar-refractivity contribution is 7.71. The summed E-state index contributed by atoms with van der Waals surface area (Å²) in [4.78, 5) is 7.34. The molecule has 0 saturated carbocycles. The van der Waals surface area contributed by atoms with E-state index in [1.165, 1.54) is 26.4 Å². The third kappa shape index (κ3) is 3.41. The average molecular weight is 367 g/mol. The molecule has 2 heterocycles. The van der Waals surface area contributed by atoms with Crippen LogP contribution in [0.1, 0.15) is 5.69 Å². The van der Waals surface area contributed by atoms with Crippen molar-refractivity contribution in [2.45, 2.75) is 13.2 Å². The number of nitrogens with one attached hydrogen (secondary N) is 1. The van der Waals surface area contributed by atoms with Crippen molar-refractivity contribution in [2.24, 2.45) is 0 Å². The van der Waals surface area contributed by atoms with E-state index in [0.717, 1.165) is 0 Å². The predicted octanol–water partition coefficient (Wildman–Crippen LogP) is 3.76. The average Bonchev–Trinajstić information content (AvgIpc) is 2.89. The first-order valence-corrected chi connectivity index (χ1v) is 7.67. The number of pyridine rings is 1. The number of rotatable bonds is 6. The quantitative estimate of drug-likeness (QED) is 0.672. The second-order valence-corrected chi connectivity index (χ2v) is 5.45. The molecule has 0 spiro atoms. The summed E-state index contributed by atoms with van der Waals surface area (Å²) < 4.78 is 42.2. The smallest absolute Gasteiger partial charge is 0.387 e. The summed E-state index contributed by atoms with van der Waals surface area (Å²) in [5, 5.41) is 0. The fraction of sp³-hybridized carbons (Fsp3) is 0.250. The van der Waals surface area contributed by atoms with E-state index in [4.69, 9.17) is 21.7 Å². The van der Waals surface area contributed by atoms with E-state index in [-0.39, 0.29) is 12.3 Å². The number of aromatic amines is 1. The minimum atomic E-state index is -2.90. The summed E-state index contributed by atoms with van der Waals surface area (Å²) in [6.07, 6.45) is 1.60. The van der Waals surface area contributed by atoms with Crippen LogP contribution in [0.25, 0.3) is 11.0 Å². The van der Waals surface area contributed by atoms with Gasteiger partial charge in [0.15, 0.2) is 16.3 Å². The highest BCUT2D eigenvalue weighted by atomic mass is 32.1. The van der Waals surface area contributed by atoms with Gasteiger partial charge in [-0.05, 0) is 24.4 Å². The standard InChI is InChI=1S/C16H15F2N3O3S/c1-22-13-5-6-19-11(14(13)23-2)8-21-12-7-9(24-15(17)18)3-4-10(12)20-16(21)25/h3-7,15H,8H2,1-2H3,(H,20,25). The van der Waals surface area contributed by atoms with E-state index < -0.39 is 6.61 Å². The van der Waals surface area contributed by atoms with Gasteiger partial charge in [0.1, 0.15) is 11.4 Å². The lowest BCUT2D eigenvalue weighted by Gasteiger charge is -2.12. The lowest BCUT2D eigenvalue weighted by molar-refractivity contribution is -0.0497. The summed E-state index contributed by atoms with van der Waals surface area (Å²) in [5.41, 5.74) is 1.92. The van der Waals surface area contributed by atoms with Gasteiger partial charge in [-0.3, -0.25) is 4.98 Å². The van der Waals surface area contributed by atoms with Crippen molar-refractivity contribution in [3.05, 3.63) is 40.9 Å². The third-order valence-corrected chi connectivity index (χ3v) is 3.97. The first-order valence-electron chi connectivity index (χ1n) is 7.26. The molecule has 0 radical (unpaired) electrons. The summed E-state index contributed by atoms with van der Waals surface area (Å²) >= 11 is 5.34. The van der Waals surface area contributed by atoms with Crippen molar-refractivity contribution in [1.29, 1.82) is 0 Å². The number of hydrogen-bond acceptors (Lipinski definition) is 5. The number of nitrogens with zero attached hydrogens (tertiary/aromatic N) is 2. The van der Waals surface area contributed by atoms with Crippen LogP contribution in [0.3, 0.4) is 0 Å². The number of imidazole rings is 1. The van der Waals surface area contributed by atoms with Gasteiger partial charge in [-0.15, -0.1) is 0 Å². The van der Waals surface area contributed by atoms with Gasteiger partial charge < -0.3 is 23.8 Å². The van der Waals surface area contributed by atoms with Crippen LogP contribution in [0, 0.1) is 4.77 Å². The molecule has 0 bridgehead atoms. The van der Waals surface area contributed by atoms with E-state index in [2.05, 4.69) is 14.7 Å². The molecule has 0 aliphatic rings. The molecule has 0 aliphatic heterocycles. The van der Waals surface area contributed by atoms with Crippen molar-refractivity contribution in [3.8, 4) is 17.2 Å². The van der Waals surface area contributed by atoms with E-state index in [1.54, 1.807) is 22.9 Å². The fourth-order valence-corrected chi connectivity index (χ4v) is 2.85. The number of hydrogen-bond donors (Lipinski definition) is 1. The van der Waals surface area contributed by atoms with Crippen molar-refractivity contribution in [1.82, 2.24) is 14.5 Å². The Balaban J connectivity index is 2.07. The van der Waals surface area contributed by atoms with Gasteiger partial charge in [-0.2, -0.15) is 8.78 Å². The molecule has 6 nitrogen and oxygen atoms in total. The molecule has 0 saturated heterocycles. The topological polar surface area (TPSA) is 61.3 Å². The van der Waals surface area contributed by atoms with Crippen molar-refractivity contribution in [3.63, 3.8) is 0 Å². The first-order chi connectivity index (χ1) is 12.0. The molecule has 1 N–H and O–H groups in total. The van der Waals surface area contributed by atoms with Gasteiger partial charge in [-0.25, -0.2) is 0 Å². The molecule has 3 rings (SSSR count). The Bertz CT molecular complexity index is 955. The Hall–Kier alpha value is -2.68. The van der Waals surface area contributed by atoms with Crippen LogP contribution in [-0.4, -0.2) is 35.4 Å². The molecular formula is C16H15F2N3O3S. The molecule has 2 aromatic heterocycles. The number of halogens is 2. The molecule has 1 aromatic carbocycles. The number of alkyl halides is 2. The van der Waals surface area contributed by atoms with Crippen LogP contribution >= 0.6 is 12.2 Å². The van der Waals surface area contributed by atoms with E-state index in [0.29, 0.717) is 33.0 Å². The largest absolute Gasteiger partial charge is 0.493 e. The molecule has 132 valence electrons. The van der Waals surface area contributed by atoms with Gasteiger partial charge in [0.2, 0.25) is 0 Å². The Morgan fingerprint density at radius 2 is 2.04 bits per heavy atom. The molecule has 0 amide bonds. The van der Waals surface area contributed by atoms with Crippen LogP contribution < -0.4 is 14.2 Å². The molecule has 3 aromatic rings. The van der Waals surface area contributed by atoms with Crippen molar-refractivity contribution >= 4 is 23.3 Å². The summed E-state index contributed by atoms with van der Waals surface area (Å²) in [7, 11) is 3.05. The molecular weight excluding hydrogens is 352 g/mol. The Kier molecular flexibility index (Phi) is 4.84. The zero-order valence-corrected chi connectivity index (χ0v) is 14.3. The van der Waals surface area contributed by atoms with Gasteiger partial charge in [0.05, 0.1) is 31.8 Å². The Labute approximate surface area is 147 Å². The number of methoxy groups -OCH3 is 2. The van der Waals surface area contributed by atoms with Crippen LogP contribution in [0.2, 0.25) is 0 Å². The van der Waals surface area contributed by atoms with Crippen LogP contribution in [0.15, 0.2) is 30.5 Å². The van der Waals surface area contributed by atoms with Crippen LogP contribution in [0.5, 0.6) is 17.2 Å². The highest BCUT2D eigenvalue weighted by Crippen LogP contribution is 2.30. The van der Waals surface area contributed by atoms with Gasteiger partial charge >= 0.3 is 6.61 Å². The number of benzene rings is 1. The van der Waals surface area contributed by atoms with E-state index >= 15 is 0 Å². The molecule has 25 heavy (non-hydrogen) atoms. The minimum absolute atomic E-state index is 0.0517. The van der Waals surface area contributed by atoms with Crippen LogP contribution in [-0.2, 0) is 6.54 Å².